The summed E-state index contributed by atoms with van der Waals surface area (Å²) >= 11 is 0. The van der Waals surface area contributed by atoms with Crippen LogP contribution in [0.25, 0.3) is 0 Å². The summed E-state index contributed by atoms with van der Waals surface area (Å²) in [7, 11) is 0. The molecule has 2 unspecified atom stereocenters. The maximum Gasteiger partial charge on any atom is 0.273 e. The quantitative estimate of drug-likeness (QED) is 0.868. The summed E-state index contributed by atoms with van der Waals surface area (Å²) in [4.78, 5) is 12.2. The topological polar surface area (TPSA) is 76.4 Å². The van der Waals surface area contributed by atoms with Crippen molar-refractivity contribution in [3.8, 4) is 0 Å². The van der Waals surface area contributed by atoms with E-state index in [1.54, 1.807) is 6.07 Å². The summed E-state index contributed by atoms with van der Waals surface area (Å²) in [6.07, 6.45) is 4.23. The predicted molar refractivity (Wildman–Crippen MR) is 81.8 cm³/mol. The second-order valence-electron chi connectivity index (χ2n) is 6.59. The monoisotopic (exact) mass is 307 g/mol. The molecule has 6 heteroatoms. The molecule has 3 rings (SSSR count). The van der Waals surface area contributed by atoms with E-state index in [0.29, 0.717) is 17.8 Å². The molecule has 1 aliphatic carbocycles. The van der Waals surface area contributed by atoms with Crippen molar-refractivity contribution in [1.82, 2.24) is 15.8 Å². The van der Waals surface area contributed by atoms with E-state index >= 15 is 0 Å². The number of carbonyl (C=O) groups excluding carboxylic acids is 1. The summed E-state index contributed by atoms with van der Waals surface area (Å²) in [5.41, 5.74) is 0.375. The number of nitrogens with one attached hydrogen (secondary N) is 2. The molecule has 0 radical (unpaired) electrons. The van der Waals surface area contributed by atoms with Crippen LogP contribution in [-0.4, -0.2) is 42.4 Å². The SMILES string of the molecule is CC(C)c1cc(C(=O)NC2CCC2NC2CCOCC2)no1. The maximum absolute atomic E-state index is 12.2. The smallest absolute Gasteiger partial charge is 0.273 e. The molecule has 2 aliphatic rings. The van der Waals surface area contributed by atoms with Crippen LogP contribution in [0.2, 0.25) is 0 Å². The minimum Gasteiger partial charge on any atom is -0.381 e. The Morgan fingerprint density at radius 2 is 1.95 bits per heavy atom. The number of carbonyl (C=O) groups is 1. The molecule has 2 fully saturated rings. The van der Waals surface area contributed by atoms with Crippen molar-refractivity contribution in [2.24, 2.45) is 0 Å². The summed E-state index contributed by atoms with van der Waals surface area (Å²) in [5, 5.41) is 10.6. The van der Waals surface area contributed by atoms with Crippen molar-refractivity contribution >= 4 is 5.91 Å². The number of nitrogens with zero attached hydrogens (tertiary/aromatic N) is 1. The minimum atomic E-state index is -0.140. The molecule has 1 amide bonds. The molecule has 2 atom stereocenters. The first-order valence-corrected chi connectivity index (χ1v) is 8.24. The van der Waals surface area contributed by atoms with Crippen LogP contribution in [-0.2, 0) is 4.74 Å². The molecule has 2 N–H and O–H groups in total. The van der Waals surface area contributed by atoms with Gasteiger partial charge < -0.3 is 19.9 Å². The van der Waals surface area contributed by atoms with Gasteiger partial charge in [0.2, 0.25) is 0 Å². The molecule has 2 heterocycles. The van der Waals surface area contributed by atoms with Crippen molar-refractivity contribution in [1.29, 1.82) is 0 Å². The van der Waals surface area contributed by atoms with Gasteiger partial charge in [0.05, 0.1) is 0 Å². The van der Waals surface area contributed by atoms with Gasteiger partial charge in [0.15, 0.2) is 5.69 Å². The van der Waals surface area contributed by atoms with E-state index in [-0.39, 0.29) is 17.9 Å². The Morgan fingerprint density at radius 3 is 2.55 bits per heavy atom. The molecule has 0 bridgehead atoms. The van der Waals surface area contributed by atoms with Crippen molar-refractivity contribution in [2.45, 2.75) is 63.6 Å². The van der Waals surface area contributed by atoms with Crippen LogP contribution in [0.15, 0.2) is 10.6 Å². The molecule has 6 nitrogen and oxygen atoms in total. The first-order valence-electron chi connectivity index (χ1n) is 8.24. The third-order valence-corrected chi connectivity index (χ3v) is 4.59. The van der Waals surface area contributed by atoms with E-state index in [1.165, 1.54) is 0 Å². The van der Waals surface area contributed by atoms with Gasteiger partial charge in [-0.25, -0.2) is 0 Å². The van der Waals surface area contributed by atoms with Crippen LogP contribution in [0.3, 0.4) is 0 Å². The van der Waals surface area contributed by atoms with Gasteiger partial charge in [0.25, 0.3) is 5.91 Å². The third kappa shape index (κ3) is 3.50. The molecular formula is C16H25N3O3. The number of amides is 1. The van der Waals surface area contributed by atoms with Crippen molar-refractivity contribution in [2.75, 3.05) is 13.2 Å². The largest absolute Gasteiger partial charge is 0.381 e. The third-order valence-electron chi connectivity index (χ3n) is 4.59. The lowest BCUT2D eigenvalue weighted by molar-refractivity contribution is 0.0651. The van der Waals surface area contributed by atoms with Crippen LogP contribution < -0.4 is 10.6 Å². The fraction of sp³-hybridized carbons (Fsp3) is 0.750. The molecule has 1 saturated heterocycles. The van der Waals surface area contributed by atoms with Gasteiger partial charge in [-0.05, 0) is 25.7 Å². The first-order chi connectivity index (χ1) is 10.6. The van der Waals surface area contributed by atoms with E-state index in [4.69, 9.17) is 9.26 Å². The molecule has 22 heavy (non-hydrogen) atoms. The summed E-state index contributed by atoms with van der Waals surface area (Å²) in [5.74, 6) is 0.843. The zero-order valence-electron chi connectivity index (χ0n) is 13.3. The van der Waals surface area contributed by atoms with Gasteiger partial charge in [-0.3, -0.25) is 4.79 Å². The van der Waals surface area contributed by atoms with Gasteiger partial charge in [0, 0.05) is 43.3 Å². The van der Waals surface area contributed by atoms with Gasteiger partial charge in [-0.15, -0.1) is 0 Å². The fourth-order valence-corrected chi connectivity index (χ4v) is 2.95. The average molecular weight is 307 g/mol. The molecule has 1 saturated carbocycles. The van der Waals surface area contributed by atoms with Gasteiger partial charge in [0.1, 0.15) is 5.76 Å². The summed E-state index contributed by atoms with van der Waals surface area (Å²) in [6.45, 7) is 5.70. The Bertz CT molecular complexity index is 508. The minimum absolute atomic E-state index is 0.140. The molecular weight excluding hydrogens is 282 g/mol. The van der Waals surface area contributed by atoms with E-state index < -0.39 is 0 Å². The van der Waals surface area contributed by atoms with E-state index in [2.05, 4.69) is 15.8 Å². The van der Waals surface area contributed by atoms with Gasteiger partial charge in [-0.1, -0.05) is 19.0 Å². The molecule has 1 aromatic heterocycles. The predicted octanol–water partition coefficient (Wildman–Crippen LogP) is 1.83. The number of ether oxygens (including phenoxy) is 1. The highest BCUT2D eigenvalue weighted by Gasteiger charge is 2.34. The molecule has 0 spiro atoms. The van der Waals surface area contributed by atoms with E-state index in [9.17, 15) is 4.79 Å². The van der Waals surface area contributed by atoms with Crippen LogP contribution in [0.5, 0.6) is 0 Å². The lowest BCUT2D eigenvalue weighted by atomic mass is 9.85. The van der Waals surface area contributed by atoms with Gasteiger partial charge in [-0.2, -0.15) is 0 Å². The normalized spacial score (nSPS) is 26.0. The fourth-order valence-electron chi connectivity index (χ4n) is 2.95. The Morgan fingerprint density at radius 1 is 1.23 bits per heavy atom. The van der Waals surface area contributed by atoms with E-state index in [1.807, 2.05) is 13.8 Å². The van der Waals surface area contributed by atoms with Crippen LogP contribution in [0.4, 0.5) is 0 Å². The lowest BCUT2D eigenvalue weighted by Gasteiger charge is -2.40. The number of hydrogen-bond acceptors (Lipinski definition) is 5. The average Bonchev–Trinajstić information content (AvgIpc) is 3.00. The lowest BCUT2D eigenvalue weighted by Crippen LogP contribution is -2.59. The number of hydrogen-bond donors (Lipinski definition) is 2. The maximum atomic E-state index is 12.2. The molecule has 1 aromatic rings. The summed E-state index contributed by atoms with van der Waals surface area (Å²) < 4.78 is 10.6. The Hall–Kier alpha value is -1.40. The zero-order chi connectivity index (χ0) is 15.5. The number of rotatable bonds is 5. The van der Waals surface area contributed by atoms with Crippen LogP contribution in [0, 0.1) is 0 Å². The Labute approximate surface area is 131 Å². The van der Waals surface area contributed by atoms with Gasteiger partial charge >= 0.3 is 0 Å². The summed E-state index contributed by atoms with van der Waals surface area (Å²) in [6, 6.07) is 2.80. The van der Waals surface area contributed by atoms with Crippen molar-refractivity contribution in [3.63, 3.8) is 0 Å². The molecule has 1 aliphatic heterocycles. The highest BCUT2D eigenvalue weighted by molar-refractivity contribution is 5.92. The second kappa shape index (κ2) is 6.79. The van der Waals surface area contributed by atoms with Crippen LogP contribution in [0.1, 0.15) is 61.7 Å². The number of aromatic nitrogens is 1. The van der Waals surface area contributed by atoms with Crippen LogP contribution >= 0.6 is 0 Å². The highest BCUT2D eigenvalue weighted by Crippen LogP contribution is 2.23. The zero-order valence-corrected chi connectivity index (χ0v) is 13.3. The standard InChI is InChI=1S/C16H25N3O3/c1-10(2)15-9-14(19-22-15)16(20)18-13-4-3-12(13)17-11-5-7-21-8-6-11/h9-13,17H,3-8H2,1-2H3,(H,18,20). The van der Waals surface area contributed by atoms with Crippen molar-refractivity contribution < 1.29 is 14.1 Å². The molecule has 0 aromatic carbocycles. The van der Waals surface area contributed by atoms with E-state index in [0.717, 1.165) is 44.7 Å². The highest BCUT2D eigenvalue weighted by atomic mass is 16.5. The second-order valence-corrected chi connectivity index (χ2v) is 6.59. The Kier molecular flexibility index (Phi) is 4.78. The van der Waals surface area contributed by atoms with Crippen molar-refractivity contribution in [3.05, 3.63) is 17.5 Å². The first kappa shape index (κ1) is 15.5. The molecule has 122 valence electrons. The Balaban J connectivity index is 1.50.